The lowest BCUT2D eigenvalue weighted by Crippen LogP contribution is -2.18. The Morgan fingerprint density at radius 3 is 2.55 bits per heavy atom. The third-order valence-corrected chi connectivity index (χ3v) is 6.24. The molecule has 168 valence electrons. The average molecular weight is 459 g/mol. The number of carbonyl (C=O) groups is 2. The van der Waals surface area contributed by atoms with Crippen molar-refractivity contribution in [2.45, 2.75) is 31.4 Å². The highest BCUT2D eigenvalue weighted by molar-refractivity contribution is 7.98. The minimum absolute atomic E-state index is 0.0622. The Labute approximate surface area is 197 Å². The standard InChI is InChI=1S/C26H26N4O2S/c1-17(2)25(31)28-20-10-7-18(3)23(14-20)29-26(32)19-8-11-22(12-9-19)33-16-21-15-30-13-5-4-6-24(30)27-21/h4-15,17H,16H2,1-3H3,(H,28,31)(H,29,32). The molecular weight excluding hydrogens is 432 g/mol. The first-order chi connectivity index (χ1) is 15.9. The number of nitrogens with zero attached hydrogens (tertiary/aromatic N) is 2. The second-order valence-electron chi connectivity index (χ2n) is 8.14. The van der Waals surface area contributed by atoms with E-state index in [1.54, 1.807) is 17.8 Å². The topological polar surface area (TPSA) is 75.5 Å². The Kier molecular flexibility index (Phi) is 6.79. The summed E-state index contributed by atoms with van der Waals surface area (Å²) in [6.45, 7) is 5.60. The molecule has 2 N–H and O–H groups in total. The van der Waals surface area contributed by atoms with E-state index in [2.05, 4.69) is 15.6 Å². The Balaban J connectivity index is 1.38. The van der Waals surface area contributed by atoms with E-state index < -0.39 is 0 Å². The molecule has 2 aromatic heterocycles. The second-order valence-corrected chi connectivity index (χ2v) is 9.19. The third-order valence-electron chi connectivity index (χ3n) is 5.19. The fourth-order valence-corrected chi connectivity index (χ4v) is 4.01. The van der Waals surface area contributed by atoms with E-state index >= 15 is 0 Å². The number of thioether (sulfide) groups is 1. The van der Waals surface area contributed by atoms with Gasteiger partial charge in [-0.1, -0.05) is 26.0 Å². The first kappa shape index (κ1) is 22.6. The van der Waals surface area contributed by atoms with Crippen molar-refractivity contribution in [3.8, 4) is 0 Å². The number of aryl methyl sites for hydroxylation is 1. The molecule has 0 saturated heterocycles. The Hall–Kier alpha value is -3.58. The summed E-state index contributed by atoms with van der Waals surface area (Å²) in [5, 5.41) is 5.82. The van der Waals surface area contributed by atoms with Gasteiger partial charge in [0.2, 0.25) is 5.91 Å². The van der Waals surface area contributed by atoms with Gasteiger partial charge in [-0.25, -0.2) is 4.98 Å². The van der Waals surface area contributed by atoms with Crippen molar-refractivity contribution in [2.75, 3.05) is 10.6 Å². The van der Waals surface area contributed by atoms with Gasteiger partial charge in [0.15, 0.2) is 0 Å². The first-order valence-corrected chi connectivity index (χ1v) is 11.8. The summed E-state index contributed by atoms with van der Waals surface area (Å²) in [5.41, 5.74) is 4.77. The van der Waals surface area contributed by atoms with Crippen LogP contribution in [0, 0.1) is 12.8 Å². The number of hydrogen-bond donors (Lipinski definition) is 2. The molecule has 0 atom stereocenters. The zero-order valence-electron chi connectivity index (χ0n) is 18.8. The molecule has 4 rings (SSSR count). The van der Waals surface area contributed by atoms with Crippen LogP contribution < -0.4 is 10.6 Å². The van der Waals surface area contributed by atoms with Crippen LogP contribution in [-0.4, -0.2) is 21.2 Å². The van der Waals surface area contributed by atoms with Crippen molar-refractivity contribution < 1.29 is 9.59 Å². The normalized spacial score (nSPS) is 11.0. The van der Waals surface area contributed by atoms with Gasteiger partial charge in [0.1, 0.15) is 5.65 Å². The number of hydrogen-bond acceptors (Lipinski definition) is 4. The summed E-state index contributed by atoms with van der Waals surface area (Å²) in [6, 6.07) is 19.0. The lowest BCUT2D eigenvalue weighted by Gasteiger charge is -2.13. The van der Waals surface area contributed by atoms with Gasteiger partial charge in [0.05, 0.1) is 5.69 Å². The minimum Gasteiger partial charge on any atom is -0.326 e. The quantitative estimate of drug-likeness (QED) is 0.344. The molecule has 0 spiro atoms. The predicted octanol–water partition coefficient (Wildman–Crippen LogP) is 5.78. The summed E-state index contributed by atoms with van der Waals surface area (Å²) in [4.78, 5) is 30.4. The lowest BCUT2D eigenvalue weighted by atomic mass is 10.1. The maximum atomic E-state index is 12.8. The number of pyridine rings is 1. The van der Waals surface area contributed by atoms with Crippen molar-refractivity contribution in [2.24, 2.45) is 5.92 Å². The van der Waals surface area contributed by atoms with Crippen molar-refractivity contribution in [1.29, 1.82) is 0 Å². The number of anilines is 2. The van der Waals surface area contributed by atoms with Gasteiger partial charge in [0.25, 0.3) is 5.91 Å². The van der Waals surface area contributed by atoms with Crippen molar-refractivity contribution in [3.63, 3.8) is 0 Å². The molecule has 0 bridgehead atoms. The lowest BCUT2D eigenvalue weighted by molar-refractivity contribution is -0.118. The average Bonchev–Trinajstić information content (AvgIpc) is 3.23. The number of carbonyl (C=O) groups excluding carboxylic acids is 2. The van der Waals surface area contributed by atoms with Crippen LogP contribution in [0.15, 0.2) is 78.0 Å². The molecule has 0 fully saturated rings. The van der Waals surface area contributed by atoms with E-state index in [0.29, 0.717) is 16.9 Å². The van der Waals surface area contributed by atoms with Crippen molar-refractivity contribution in [1.82, 2.24) is 9.38 Å². The van der Waals surface area contributed by atoms with Crippen LogP contribution >= 0.6 is 11.8 Å². The minimum atomic E-state index is -0.192. The molecule has 0 saturated carbocycles. The molecule has 0 unspecified atom stereocenters. The zero-order chi connectivity index (χ0) is 23.4. The van der Waals surface area contributed by atoms with E-state index in [9.17, 15) is 9.59 Å². The maximum Gasteiger partial charge on any atom is 0.255 e. The van der Waals surface area contributed by atoms with Crippen LogP contribution in [-0.2, 0) is 10.5 Å². The van der Waals surface area contributed by atoms with Crippen LogP contribution in [0.5, 0.6) is 0 Å². The molecule has 2 amide bonds. The molecule has 33 heavy (non-hydrogen) atoms. The molecule has 2 heterocycles. The number of rotatable bonds is 7. The molecule has 0 aliphatic heterocycles. The maximum absolute atomic E-state index is 12.8. The summed E-state index contributed by atoms with van der Waals surface area (Å²) in [5.74, 6) is 0.380. The largest absolute Gasteiger partial charge is 0.326 e. The van der Waals surface area contributed by atoms with Crippen molar-refractivity contribution in [3.05, 3.63) is 89.9 Å². The van der Waals surface area contributed by atoms with Crippen LogP contribution in [0.2, 0.25) is 0 Å². The fourth-order valence-electron chi connectivity index (χ4n) is 3.23. The molecule has 0 aliphatic carbocycles. The number of nitrogens with one attached hydrogen (secondary N) is 2. The van der Waals surface area contributed by atoms with E-state index in [1.165, 1.54) is 0 Å². The van der Waals surface area contributed by atoms with Gasteiger partial charge in [-0.3, -0.25) is 9.59 Å². The van der Waals surface area contributed by atoms with E-state index in [4.69, 9.17) is 0 Å². The Bertz CT molecular complexity index is 1260. The highest BCUT2D eigenvalue weighted by Crippen LogP contribution is 2.25. The summed E-state index contributed by atoms with van der Waals surface area (Å²) >= 11 is 1.68. The van der Waals surface area contributed by atoms with Crippen LogP contribution in [0.4, 0.5) is 11.4 Å². The molecule has 6 nitrogen and oxygen atoms in total. The predicted molar refractivity (Wildman–Crippen MR) is 134 cm³/mol. The highest BCUT2D eigenvalue weighted by atomic mass is 32.2. The monoisotopic (exact) mass is 458 g/mol. The van der Waals surface area contributed by atoms with Gasteiger partial charge in [0, 0.05) is 45.9 Å². The van der Waals surface area contributed by atoms with Crippen LogP contribution in [0.3, 0.4) is 0 Å². The molecule has 2 aromatic carbocycles. The van der Waals surface area contributed by atoms with Gasteiger partial charge in [-0.05, 0) is 61.0 Å². The molecule has 0 radical (unpaired) electrons. The van der Waals surface area contributed by atoms with E-state index in [1.807, 2.05) is 92.2 Å². The SMILES string of the molecule is Cc1ccc(NC(=O)C(C)C)cc1NC(=O)c1ccc(SCc2cn3ccccc3n2)cc1. The third kappa shape index (κ3) is 5.62. The highest BCUT2D eigenvalue weighted by Gasteiger charge is 2.11. The van der Waals surface area contributed by atoms with Gasteiger partial charge >= 0.3 is 0 Å². The molecule has 7 heteroatoms. The number of amides is 2. The molecule has 0 aliphatic rings. The number of aromatic nitrogens is 2. The van der Waals surface area contributed by atoms with Crippen molar-refractivity contribution >= 4 is 40.6 Å². The number of imidazole rings is 1. The zero-order valence-corrected chi connectivity index (χ0v) is 19.6. The van der Waals surface area contributed by atoms with Crippen LogP contribution in [0.1, 0.15) is 35.5 Å². The first-order valence-electron chi connectivity index (χ1n) is 10.8. The summed E-state index contributed by atoms with van der Waals surface area (Å²) in [7, 11) is 0. The summed E-state index contributed by atoms with van der Waals surface area (Å²) in [6.07, 6.45) is 4.02. The second kappa shape index (κ2) is 9.92. The van der Waals surface area contributed by atoms with Gasteiger partial charge in [-0.15, -0.1) is 11.8 Å². The molecular formula is C26H26N4O2S. The molecule has 4 aromatic rings. The van der Waals surface area contributed by atoms with E-state index in [0.717, 1.165) is 27.6 Å². The fraction of sp³-hybridized carbons (Fsp3) is 0.192. The van der Waals surface area contributed by atoms with Crippen LogP contribution in [0.25, 0.3) is 5.65 Å². The van der Waals surface area contributed by atoms with Gasteiger partial charge < -0.3 is 15.0 Å². The smallest absolute Gasteiger partial charge is 0.255 e. The number of fused-ring (bicyclic) bond motifs is 1. The summed E-state index contributed by atoms with van der Waals surface area (Å²) < 4.78 is 2.01. The Morgan fingerprint density at radius 1 is 1.03 bits per heavy atom. The number of benzene rings is 2. The van der Waals surface area contributed by atoms with Gasteiger partial charge in [-0.2, -0.15) is 0 Å². The Morgan fingerprint density at radius 2 is 1.82 bits per heavy atom. The van der Waals surface area contributed by atoms with E-state index in [-0.39, 0.29) is 17.7 Å².